The summed E-state index contributed by atoms with van der Waals surface area (Å²) >= 11 is 0. The molecule has 2 N–H and O–H groups in total. The Balaban J connectivity index is 1.25. The van der Waals surface area contributed by atoms with E-state index in [0.717, 1.165) is 40.5 Å². The smallest absolute Gasteiger partial charge is 0.224 e. The molecule has 0 spiro atoms. The third kappa shape index (κ3) is 4.68. The SMILES string of the molecule is Cc1ccnn1-c1cccc(NC(=O)CCCOc2ccc3c(c2)CCC(=O)N3)c1. The van der Waals surface area contributed by atoms with Crippen LogP contribution in [0.5, 0.6) is 5.75 Å². The van der Waals surface area contributed by atoms with Gasteiger partial charge in [-0.25, -0.2) is 4.68 Å². The highest BCUT2D eigenvalue weighted by Crippen LogP contribution is 2.27. The number of fused-ring (bicyclic) bond motifs is 1. The third-order valence-corrected chi connectivity index (χ3v) is 5.00. The number of ether oxygens (including phenoxy) is 1. The van der Waals surface area contributed by atoms with E-state index in [2.05, 4.69) is 15.7 Å². The number of anilines is 2. The molecule has 30 heavy (non-hydrogen) atoms. The molecule has 4 rings (SSSR count). The molecule has 0 bridgehead atoms. The van der Waals surface area contributed by atoms with E-state index in [1.807, 2.05) is 60.1 Å². The fraction of sp³-hybridized carbons (Fsp3) is 0.261. The molecule has 0 saturated heterocycles. The van der Waals surface area contributed by atoms with Crippen LogP contribution in [0.1, 0.15) is 30.5 Å². The number of nitrogens with one attached hydrogen (secondary N) is 2. The van der Waals surface area contributed by atoms with Crippen molar-refractivity contribution >= 4 is 23.2 Å². The second-order valence-electron chi connectivity index (χ2n) is 7.30. The van der Waals surface area contributed by atoms with Gasteiger partial charge < -0.3 is 15.4 Å². The van der Waals surface area contributed by atoms with Crippen LogP contribution in [0, 0.1) is 6.92 Å². The highest BCUT2D eigenvalue weighted by atomic mass is 16.5. The molecule has 7 heteroatoms. The van der Waals surface area contributed by atoms with Crippen molar-refractivity contribution < 1.29 is 14.3 Å². The standard InChI is InChI=1S/C23H24N4O3/c1-16-11-12-24-27(16)19-5-2-4-18(15-19)25-22(28)6-3-13-30-20-8-9-21-17(14-20)7-10-23(29)26-21/h2,4-5,8-9,11-12,14-15H,3,6-7,10,13H2,1H3,(H,25,28)(H,26,29). The maximum Gasteiger partial charge on any atom is 0.224 e. The summed E-state index contributed by atoms with van der Waals surface area (Å²) < 4.78 is 7.60. The molecule has 7 nitrogen and oxygen atoms in total. The summed E-state index contributed by atoms with van der Waals surface area (Å²) in [7, 11) is 0. The Labute approximate surface area is 175 Å². The number of hydrogen-bond donors (Lipinski definition) is 2. The van der Waals surface area contributed by atoms with Gasteiger partial charge in [-0.3, -0.25) is 9.59 Å². The molecule has 1 aromatic heterocycles. The van der Waals surface area contributed by atoms with E-state index >= 15 is 0 Å². The van der Waals surface area contributed by atoms with Crippen LogP contribution in [0.15, 0.2) is 54.7 Å². The first-order valence-corrected chi connectivity index (χ1v) is 10.0. The average molecular weight is 404 g/mol. The molecule has 2 heterocycles. The van der Waals surface area contributed by atoms with Gasteiger partial charge >= 0.3 is 0 Å². The van der Waals surface area contributed by atoms with Crippen LogP contribution in [0.3, 0.4) is 0 Å². The molecule has 0 atom stereocenters. The molecule has 0 fully saturated rings. The molecule has 0 saturated carbocycles. The molecule has 154 valence electrons. The average Bonchev–Trinajstić information content (AvgIpc) is 3.17. The number of carbonyl (C=O) groups excluding carboxylic acids is 2. The first-order chi connectivity index (χ1) is 14.6. The molecule has 0 unspecified atom stereocenters. The summed E-state index contributed by atoms with van der Waals surface area (Å²) in [5, 5.41) is 10.1. The predicted molar refractivity (Wildman–Crippen MR) is 115 cm³/mol. The van der Waals surface area contributed by atoms with E-state index < -0.39 is 0 Å². The van der Waals surface area contributed by atoms with E-state index in [0.29, 0.717) is 25.9 Å². The van der Waals surface area contributed by atoms with Crippen LogP contribution in [0.2, 0.25) is 0 Å². The number of carbonyl (C=O) groups is 2. The van der Waals surface area contributed by atoms with Gasteiger partial charge in [-0.2, -0.15) is 5.10 Å². The van der Waals surface area contributed by atoms with Gasteiger partial charge in [0.1, 0.15) is 5.75 Å². The maximum atomic E-state index is 12.3. The second kappa shape index (κ2) is 8.82. The highest BCUT2D eigenvalue weighted by Gasteiger charge is 2.15. The molecule has 3 aromatic rings. The van der Waals surface area contributed by atoms with Crippen LogP contribution in [0.25, 0.3) is 5.69 Å². The van der Waals surface area contributed by atoms with Crippen molar-refractivity contribution in [3.05, 3.63) is 66.0 Å². The number of rotatable bonds is 7. The first kappa shape index (κ1) is 19.7. The van der Waals surface area contributed by atoms with E-state index in [1.54, 1.807) is 6.20 Å². The monoisotopic (exact) mass is 404 g/mol. The molecule has 0 radical (unpaired) electrons. The van der Waals surface area contributed by atoms with Crippen LogP contribution in [-0.4, -0.2) is 28.2 Å². The summed E-state index contributed by atoms with van der Waals surface area (Å²) in [5.41, 5.74) is 4.61. The van der Waals surface area contributed by atoms with E-state index in [-0.39, 0.29) is 11.8 Å². The van der Waals surface area contributed by atoms with Crippen molar-refractivity contribution in [2.75, 3.05) is 17.2 Å². The summed E-state index contributed by atoms with van der Waals surface area (Å²) in [6.45, 7) is 2.43. The topological polar surface area (TPSA) is 85.2 Å². The molecule has 2 amide bonds. The zero-order valence-electron chi connectivity index (χ0n) is 16.9. The fourth-order valence-corrected chi connectivity index (χ4v) is 3.45. The zero-order valence-corrected chi connectivity index (χ0v) is 16.9. The van der Waals surface area contributed by atoms with Crippen molar-refractivity contribution in [1.29, 1.82) is 0 Å². The maximum absolute atomic E-state index is 12.3. The van der Waals surface area contributed by atoms with E-state index in [9.17, 15) is 9.59 Å². The summed E-state index contributed by atoms with van der Waals surface area (Å²) in [4.78, 5) is 23.7. The quantitative estimate of drug-likeness (QED) is 0.586. The minimum Gasteiger partial charge on any atom is -0.494 e. The lowest BCUT2D eigenvalue weighted by atomic mass is 10.0. The van der Waals surface area contributed by atoms with Gasteiger partial charge in [0.05, 0.1) is 12.3 Å². The normalized spacial score (nSPS) is 12.8. The van der Waals surface area contributed by atoms with Gasteiger partial charge in [0, 0.05) is 36.1 Å². The summed E-state index contributed by atoms with van der Waals surface area (Å²) in [6, 6.07) is 15.2. The first-order valence-electron chi connectivity index (χ1n) is 10.0. The zero-order chi connectivity index (χ0) is 20.9. The minimum atomic E-state index is -0.0545. The number of benzene rings is 2. The molecule has 1 aliphatic rings. The van der Waals surface area contributed by atoms with Crippen molar-refractivity contribution in [3.63, 3.8) is 0 Å². The number of nitrogens with zero attached hydrogens (tertiary/aromatic N) is 2. The van der Waals surface area contributed by atoms with E-state index in [4.69, 9.17) is 4.74 Å². The van der Waals surface area contributed by atoms with E-state index in [1.165, 1.54) is 0 Å². The lowest BCUT2D eigenvalue weighted by molar-refractivity contribution is -0.117. The Hall–Kier alpha value is -3.61. The van der Waals surface area contributed by atoms with Crippen molar-refractivity contribution in [2.24, 2.45) is 0 Å². The van der Waals surface area contributed by atoms with Gasteiger partial charge in [-0.15, -0.1) is 0 Å². The molecular weight excluding hydrogens is 380 g/mol. The number of hydrogen-bond acceptors (Lipinski definition) is 4. The summed E-state index contributed by atoms with van der Waals surface area (Å²) in [6.07, 6.45) is 3.94. The van der Waals surface area contributed by atoms with Crippen LogP contribution < -0.4 is 15.4 Å². The Morgan fingerprint density at radius 1 is 1.20 bits per heavy atom. The lowest BCUT2D eigenvalue weighted by Crippen LogP contribution is -2.18. The molecule has 0 aliphatic carbocycles. The largest absolute Gasteiger partial charge is 0.494 e. The van der Waals surface area contributed by atoms with Gasteiger partial charge in [-0.05, 0) is 67.8 Å². The third-order valence-electron chi connectivity index (χ3n) is 5.00. The van der Waals surface area contributed by atoms with Crippen molar-refractivity contribution in [3.8, 4) is 11.4 Å². The predicted octanol–water partition coefficient (Wildman–Crippen LogP) is 3.86. The molecular formula is C23H24N4O3. The van der Waals surface area contributed by atoms with Crippen molar-refractivity contribution in [2.45, 2.75) is 32.6 Å². The van der Waals surface area contributed by atoms with Crippen LogP contribution in [0.4, 0.5) is 11.4 Å². The van der Waals surface area contributed by atoms with Crippen molar-refractivity contribution in [1.82, 2.24) is 9.78 Å². The number of amides is 2. The molecule has 2 aromatic carbocycles. The van der Waals surface area contributed by atoms with Crippen LogP contribution >= 0.6 is 0 Å². The highest BCUT2D eigenvalue weighted by molar-refractivity contribution is 5.94. The Kier molecular flexibility index (Phi) is 5.79. The van der Waals surface area contributed by atoms with Gasteiger partial charge in [-0.1, -0.05) is 6.07 Å². The minimum absolute atomic E-state index is 0.0486. The fourth-order valence-electron chi connectivity index (χ4n) is 3.45. The Morgan fingerprint density at radius 2 is 2.10 bits per heavy atom. The Bertz CT molecular complexity index is 1070. The number of aromatic nitrogens is 2. The second-order valence-corrected chi connectivity index (χ2v) is 7.30. The van der Waals surface area contributed by atoms with Crippen LogP contribution in [-0.2, 0) is 16.0 Å². The summed E-state index contributed by atoms with van der Waals surface area (Å²) in [5.74, 6) is 0.751. The van der Waals surface area contributed by atoms with Gasteiger partial charge in [0.25, 0.3) is 0 Å². The Morgan fingerprint density at radius 3 is 2.93 bits per heavy atom. The van der Waals surface area contributed by atoms with Gasteiger partial charge in [0.15, 0.2) is 0 Å². The number of aryl methyl sites for hydroxylation is 2. The van der Waals surface area contributed by atoms with Gasteiger partial charge in [0.2, 0.25) is 11.8 Å². The lowest BCUT2D eigenvalue weighted by Gasteiger charge is -2.17. The molecule has 1 aliphatic heterocycles.